The number of hydrogen-bond acceptors (Lipinski definition) is 2. The quantitative estimate of drug-likeness (QED) is 0.402. The van der Waals surface area contributed by atoms with Crippen molar-refractivity contribution in [2.45, 2.75) is 26.3 Å². The van der Waals surface area contributed by atoms with Gasteiger partial charge in [0, 0.05) is 5.69 Å². The number of anilines is 2. The maximum atomic E-state index is 5.56. The van der Waals surface area contributed by atoms with Gasteiger partial charge in [0.25, 0.3) is 0 Å². The second-order valence-electron chi connectivity index (χ2n) is 7.35. The minimum Gasteiger partial charge on any atom is -0.332 e. The predicted molar refractivity (Wildman–Crippen MR) is 126 cm³/mol. The van der Waals surface area contributed by atoms with E-state index in [1.54, 1.807) is 0 Å². The van der Waals surface area contributed by atoms with E-state index in [2.05, 4.69) is 83.6 Å². The van der Waals surface area contributed by atoms with Gasteiger partial charge < -0.3 is 15.2 Å². The Kier molecular flexibility index (Phi) is 5.58. The largest absolute Gasteiger partial charge is 0.332 e. The molecule has 1 heterocycles. The highest BCUT2D eigenvalue weighted by molar-refractivity contribution is 7.80. The first kappa shape index (κ1) is 19.2. The van der Waals surface area contributed by atoms with E-state index >= 15 is 0 Å². The number of nitrogens with zero attached hydrogens (tertiary/aromatic N) is 2. The van der Waals surface area contributed by atoms with Crippen molar-refractivity contribution in [3.8, 4) is 0 Å². The lowest BCUT2D eigenvalue weighted by Crippen LogP contribution is -2.21. The third kappa shape index (κ3) is 4.46. The normalized spacial score (nSPS) is 11.0. The highest BCUT2D eigenvalue weighted by Crippen LogP contribution is 2.22. The molecule has 0 fully saturated rings. The molecule has 0 unspecified atom stereocenters. The zero-order chi connectivity index (χ0) is 20.2. The Morgan fingerprint density at radius 1 is 0.897 bits per heavy atom. The van der Waals surface area contributed by atoms with Gasteiger partial charge in [-0.3, -0.25) is 0 Å². The molecule has 0 aliphatic rings. The van der Waals surface area contributed by atoms with E-state index in [1.807, 2.05) is 24.3 Å². The van der Waals surface area contributed by atoms with E-state index in [-0.39, 0.29) is 0 Å². The van der Waals surface area contributed by atoms with Crippen LogP contribution in [0.15, 0.2) is 78.9 Å². The van der Waals surface area contributed by atoms with Gasteiger partial charge in [0.05, 0.1) is 17.6 Å². The molecule has 0 aliphatic carbocycles. The summed E-state index contributed by atoms with van der Waals surface area (Å²) in [5.74, 6) is 1.23. The molecule has 5 heteroatoms. The molecule has 1 aromatic heterocycles. The highest BCUT2D eigenvalue weighted by atomic mass is 32.1. The Morgan fingerprint density at radius 2 is 1.59 bits per heavy atom. The Balaban J connectivity index is 1.56. The molecule has 0 atom stereocenters. The molecule has 4 nitrogen and oxygen atoms in total. The van der Waals surface area contributed by atoms with Crippen molar-refractivity contribution in [3.63, 3.8) is 0 Å². The molecule has 2 N–H and O–H groups in total. The Bertz CT molecular complexity index is 1110. The topological polar surface area (TPSA) is 41.9 Å². The summed E-state index contributed by atoms with van der Waals surface area (Å²) in [4.78, 5) is 4.75. The van der Waals surface area contributed by atoms with Crippen molar-refractivity contribution >= 4 is 40.0 Å². The van der Waals surface area contributed by atoms with Crippen LogP contribution in [0.3, 0.4) is 0 Å². The van der Waals surface area contributed by atoms with E-state index in [4.69, 9.17) is 17.2 Å². The van der Waals surface area contributed by atoms with Crippen molar-refractivity contribution in [1.29, 1.82) is 0 Å². The van der Waals surface area contributed by atoms with E-state index < -0.39 is 0 Å². The lowest BCUT2D eigenvalue weighted by Gasteiger charge is -2.13. The zero-order valence-corrected chi connectivity index (χ0v) is 17.4. The van der Waals surface area contributed by atoms with Crippen molar-refractivity contribution in [3.05, 3.63) is 90.0 Å². The van der Waals surface area contributed by atoms with Crippen LogP contribution in [0.2, 0.25) is 0 Å². The van der Waals surface area contributed by atoms with Gasteiger partial charge >= 0.3 is 0 Å². The van der Waals surface area contributed by atoms with Gasteiger partial charge in [-0.1, -0.05) is 68.4 Å². The fourth-order valence-electron chi connectivity index (χ4n) is 3.31. The first-order valence-electron chi connectivity index (χ1n) is 9.77. The number of thiocarbonyl (C=S) groups is 1. The van der Waals surface area contributed by atoms with Crippen LogP contribution in [0.4, 0.5) is 11.6 Å². The molecular formula is C24H24N4S. The molecular weight excluding hydrogens is 376 g/mol. The molecule has 0 bridgehead atoms. The fraction of sp³-hybridized carbons (Fsp3) is 0.167. The van der Waals surface area contributed by atoms with Crippen molar-refractivity contribution in [1.82, 2.24) is 9.55 Å². The van der Waals surface area contributed by atoms with Crippen LogP contribution in [0.25, 0.3) is 11.0 Å². The van der Waals surface area contributed by atoms with Crippen molar-refractivity contribution in [2.75, 3.05) is 10.6 Å². The van der Waals surface area contributed by atoms with Crippen LogP contribution in [-0.2, 0) is 6.54 Å². The van der Waals surface area contributed by atoms with Crippen molar-refractivity contribution in [2.24, 2.45) is 0 Å². The first-order chi connectivity index (χ1) is 14.1. The summed E-state index contributed by atoms with van der Waals surface area (Å²) >= 11 is 5.56. The maximum absolute atomic E-state index is 5.56. The standard InChI is InChI=1S/C24H24N4S/c1-17(2)19-12-14-20(15-13-19)25-24(29)27-23-26-21-10-6-7-11-22(21)28(23)16-18-8-4-3-5-9-18/h3-15,17H,16H2,1-2H3,(H2,25,26,27,29). The van der Waals surface area contributed by atoms with Crippen LogP contribution in [0.1, 0.15) is 30.9 Å². The van der Waals surface area contributed by atoms with Crippen LogP contribution in [0.5, 0.6) is 0 Å². The number of aromatic nitrogens is 2. The van der Waals surface area contributed by atoms with E-state index in [0.29, 0.717) is 11.0 Å². The van der Waals surface area contributed by atoms with Crippen LogP contribution in [0, 0.1) is 0 Å². The second-order valence-corrected chi connectivity index (χ2v) is 7.76. The molecule has 3 aromatic carbocycles. The average Bonchev–Trinajstić information content (AvgIpc) is 3.06. The maximum Gasteiger partial charge on any atom is 0.210 e. The summed E-state index contributed by atoms with van der Waals surface area (Å²) in [6.45, 7) is 5.09. The summed E-state index contributed by atoms with van der Waals surface area (Å²) in [6, 6.07) is 26.8. The van der Waals surface area contributed by atoms with Gasteiger partial charge in [-0.25, -0.2) is 4.98 Å². The third-order valence-electron chi connectivity index (χ3n) is 4.90. The van der Waals surface area contributed by atoms with Gasteiger partial charge in [0.15, 0.2) is 5.11 Å². The third-order valence-corrected chi connectivity index (χ3v) is 5.10. The van der Waals surface area contributed by atoms with E-state index in [1.165, 1.54) is 11.1 Å². The number of para-hydroxylation sites is 2. The molecule has 4 aromatic rings. The second kappa shape index (κ2) is 8.45. The molecule has 0 amide bonds. The molecule has 29 heavy (non-hydrogen) atoms. The van der Waals surface area contributed by atoms with Gasteiger partial charge in [0.1, 0.15) is 0 Å². The summed E-state index contributed by atoms with van der Waals surface area (Å²) in [5.41, 5.74) is 5.48. The van der Waals surface area contributed by atoms with Crippen LogP contribution >= 0.6 is 12.2 Å². The summed E-state index contributed by atoms with van der Waals surface area (Å²) in [5, 5.41) is 7.06. The Hall–Kier alpha value is -3.18. The summed E-state index contributed by atoms with van der Waals surface area (Å²) < 4.78 is 2.15. The number of imidazole rings is 1. The number of rotatable bonds is 5. The van der Waals surface area contributed by atoms with E-state index in [0.717, 1.165) is 29.2 Å². The van der Waals surface area contributed by atoms with E-state index in [9.17, 15) is 0 Å². The monoisotopic (exact) mass is 400 g/mol. The molecule has 0 saturated carbocycles. The Morgan fingerprint density at radius 3 is 2.31 bits per heavy atom. The predicted octanol–water partition coefficient (Wildman–Crippen LogP) is 6.02. The number of fused-ring (bicyclic) bond motifs is 1. The van der Waals surface area contributed by atoms with Crippen LogP contribution in [-0.4, -0.2) is 14.7 Å². The zero-order valence-electron chi connectivity index (χ0n) is 16.6. The molecule has 4 rings (SSSR count). The van der Waals surface area contributed by atoms with Crippen molar-refractivity contribution < 1.29 is 0 Å². The minimum absolute atomic E-state index is 0.506. The number of benzene rings is 3. The molecule has 0 aliphatic heterocycles. The molecule has 0 radical (unpaired) electrons. The highest BCUT2D eigenvalue weighted by Gasteiger charge is 2.12. The SMILES string of the molecule is CC(C)c1ccc(NC(=S)Nc2nc3ccccc3n2Cc2ccccc2)cc1. The average molecular weight is 401 g/mol. The fourth-order valence-corrected chi connectivity index (χ4v) is 3.52. The van der Waals surface area contributed by atoms with Gasteiger partial charge in [-0.2, -0.15) is 0 Å². The van der Waals surface area contributed by atoms with Gasteiger partial charge in [-0.15, -0.1) is 0 Å². The summed E-state index contributed by atoms with van der Waals surface area (Å²) in [7, 11) is 0. The van der Waals surface area contributed by atoms with Gasteiger partial charge in [-0.05, 0) is 53.5 Å². The minimum atomic E-state index is 0.506. The Labute approximate surface area is 176 Å². The number of nitrogens with one attached hydrogen (secondary N) is 2. The lowest BCUT2D eigenvalue weighted by molar-refractivity contribution is 0.837. The molecule has 146 valence electrons. The smallest absolute Gasteiger partial charge is 0.210 e. The molecule has 0 saturated heterocycles. The molecule has 0 spiro atoms. The van der Waals surface area contributed by atoms with Crippen LogP contribution < -0.4 is 10.6 Å². The first-order valence-corrected chi connectivity index (χ1v) is 10.2. The number of hydrogen-bond donors (Lipinski definition) is 2. The lowest BCUT2D eigenvalue weighted by atomic mass is 10.0. The van der Waals surface area contributed by atoms with Gasteiger partial charge in [0.2, 0.25) is 5.95 Å². The summed E-state index contributed by atoms with van der Waals surface area (Å²) in [6.07, 6.45) is 0.